The molecule has 0 aliphatic rings. The van der Waals surface area contributed by atoms with Crippen LogP contribution in [0.15, 0.2) is 42.5 Å². The zero-order valence-electron chi connectivity index (χ0n) is 12.9. The van der Waals surface area contributed by atoms with Gasteiger partial charge >= 0.3 is 0 Å². The van der Waals surface area contributed by atoms with Crippen LogP contribution in [-0.4, -0.2) is 17.0 Å². The Hall–Kier alpha value is -0.990. The van der Waals surface area contributed by atoms with E-state index >= 15 is 0 Å². The maximum Gasteiger partial charge on any atom is 0.0412 e. The SMILES string of the molecule is CCNC(CSC(C)(C)C)c1ccc2ccccc2c1. The van der Waals surface area contributed by atoms with Gasteiger partial charge in [0, 0.05) is 16.5 Å². The molecule has 0 aromatic heterocycles. The minimum Gasteiger partial charge on any atom is -0.310 e. The Kier molecular flexibility index (Phi) is 5.11. The number of hydrogen-bond donors (Lipinski definition) is 1. The van der Waals surface area contributed by atoms with Crippen molar-refractivity contribution in [1.82, 2.24) is 5.32 Å². The number of rotatable bonds is 5. The van der Waals surface area contributed by atoms with E-state index in [0.717, 1.165) is 12.3 Å². The second-order valence-electron chi connectivity index (χ2n) is 6.14. The molecule has 108 valence electrons. The molecule has 2 aromatic rings. The summed E-state index contributed by atoms with van der Waals surface area (Å²) in [5.41, 5.74) is 1.39. The Bertz CT molecular complexity index is 557. The van der Waals surface area contributed by atoms with Crippen molar-refractivity contribution < 1.29 is 0 Å². The number of thioether (sulfide) groups is 1. The topological polar surface area (TPSA) is 12.0 Å². The summed E-state index contributed by atoms with van der Waals surface area (Å²) in [6.45, 7) is 10.0. The van der Waals surface area contributed by atoms with E-state index in [4.69, 9.17) is 0 Å². The van der Waals surface area contributed by atoms with Crippen LogP contribution in [0.3, 0.4) is 0 Å². The highest BCUT2D eigenvalue weighted by molar-refractivity contribution is 8.00. The quantitative estimate of drug-likeness (QED) is 0.828. The summed E-state index contributed by atoms with van der Waals surface area (Å²) >= 11 is 2.02. The Balaban J connectivity index is 2.21. The number of hydrogen-bond acceptors (Lipinski definition) is 2. The smallest absolute Gasteiger partial charge is 0.0412 e. The average Bonchev–Trinajstić information content (AvgIpc) is 2.42. The van der Waals surface area contributed by atoms with Gasteiger partial charge in [-0.1, -0.05) is 64.1 Å². The third-order valence-electron chi connectivity index (χ3n) is 3.31. The number of benzene rings is 2. The molecule has 0 fully saturated rings. The van der Waals surface area contributed by atoms with E-state index in [0.29, 0.717) is 10.8 Å². The molecule has 2 heteroatoms. The predicted molar refractivity (Wildman–Crippen MR) is 92.6 cm³/mol. The lowest BCUT2D eigenvalue weighted by molar-refractivity contribution is 0.603. The maximum absolute atomic E-state index is 3.62. The molecular formula is C18H25NS. The molecular weight excluding hydrogens is 262 g/mol. The molecule has 0 aliphatic carbocycles. The average molecular weight is 287 g/mol. The first-order valence-corrected chi connectivity index (χ1v) is 8.34. The highest BCUT2D eigenvalue weighted by Crippen LogP contribution is 2.29. The van der Waals surface area contributed by atoms with E-state index in [9.17, 15) is 0 Å². The molecule has 2 aromatic carbocycles. The molecule has 0 aliphatic heterocycles. The summed E-state index contributed by atoms with van der Waals surface area (Å²) in [5, 5.41) is 6.26. The summed E-state index contributed by atoms with van der Waals surface area (Å²) in [4.78, 5) is 0. The Labute approximate surface area is 127 Å². The van der Waals surface area contributed by atoms with Crippen molar-refractivity contribution in [3.05, 3.63) is 48.0 Å². The summed E-state index contributed by atoms with van der Waals surface area (Å²) in [6.07, 6.45) is 0. The molecule has 1 N–H and O–H groups in total. The van der Waals surface area contributed by atoms with Crippen molar-refractivity contribution in [2.24, 2.45) is 0 Å². The number of nitrogens with one attached hydrogen (secondary N) is 1. The van der Waals surface area contributed by atoms with Gasteiger partial charge in [0.1, 0.15) is 0 Å². The van der Waals surface area contributed by atoms with Gasteiger partial charge in [-0.3, -0.25) is 0 Å². The fraction of sp³-hybridized carbons (Fsp3) is 0.444. The van der Waals surface area contributed by atoms with Crippen LogP contribution >= 0.6 is 11.8 Å². The van der Waals surface area contributed by atoms with Gasteiger partial charge in [-0.15, -0.1) is 0 Å². The van der Waals surface area contributed by atoms with E-state index in [1.165, 1.54) is 16.3 Å². The summed E-state index contributed by atoms with van der Waals surface area (Å²) in [5.74, 6) is 1.11. The molecule has 0 spiro atoms. The van der Waals surface area contributed by atoms with Gasteiger partial charge in [-0.25, -0.2) is 0 Å². The first-order chi connectivity index (χ1) is 9.49. The molecule has 0 amide bonds. The fourth-order valence-corrected chi connectivity index (χ4v) is 3.25. The van der Waals surface area contributed by atoms with Crippen LogP contribution in [0.1, 0.15) is 39.3 Å². The van der Waals surface area contributed by atoms with Gasteiger partial charge in [-0.2, -0.15) is 11.8 Å². The monoisotopic (exact) mass is 287 g/mol. The molecule has 0 saturated heterocycles. The standard InChI is InChI=1S/C18H25NS/c1-5-19-17(13-20-18(2,3)4)16-11-10-14-8-6-7-9-15(14)12-16/h6-12,17,19H,5,13H2,1-4H3. The highest BCUT2D eigenvalue weighted by atomic mass is 32.2. The van der Waals surface area contributed by atoms with E-state index in [1.807, 2.05) is 11.8 Å². The van der Waals surface area contributed by atoms with Gasteiger partial charge in [-0.05, 0) is 28.9 Å². The van der Waals surface area contributed by atoms with Gasteiger partial charge in [0.15, 0.2) is 0 Å². The molecule has 0 radical (unpaired) electrons. The lowest BCUT2D eigenvalue weighted by Crippen LogP contribution is -2.25. The zero-order valence-corrected chi connectivity index (χ0v) is 13.8. The van der Waals surface area contributed by atoms with Gasteiger partial charge < -0.3 is 5.32 Å². The first kappa shape index (κ1) is 15.4. The molecule has 0 saturated carbocycles. The largest absolute Gasteiger partial charge is 0.310 e. The van der Waals surface area contributed by atoms with E-state index < -0.39 is 0 Å². The van der Waals surface area contributed by atoms with Crippen LogP contribution in [0.2, 0.25) is 0 Å². The minimum atomic E-state index is 0.310. The Morgan fingerprint density at radius 2 is 1.75 bits per heavy atom. The predicted octanol–water partition coefficient (Wildman–Crippen LogP) is 5.02. The maximum atomic E-state index is 3.62. The van der Waals surface area contributed by atoms with Crippen LogP contribution in [0.4, 0.5) is 0 Å². The van der Waals surface area contributed by atoms with Crippen molar-refractivity contribution in [3.63, 3.8) is 0 Å². The lowest BCUT2D eigenvalue weighted by atomic mass is 10.0. The van der Waals surface area contributed by atoms with Gasteiger partial charge in [0.2, 0.25) is 0 Å². The molecule has 1 unspecified atom stereocenters. The van der Waals surface area contributed by atoms with Crippen LogP contribution < -0.4 is 5.32 Å². The summed E-state index contributed by atoms with van der Waals surface area (Å²) < 4.78 is 0.310. The third-order valence-corrected chi connectivity index (χ3v) is 4.68. The molecule has 20 heavy (non-hydrogen) atoms. The van der Waals surface area contributed by atoms with Crippen molar-refractivity contribution in [2.45, 2.75) is 38.5 Å². The molecule has 0 bridgehead atoms. The van der Waals surface area contributed by atoms with Gasteiger partial charge in [0.25, 0.3) is 0 Å². The van der Waals surface area contributed by atoms with Crippen LogP contribution in [-0.2, 0) is 0 Å². The highest BCUT2D eigenvalue weighted by Gasteiger charge is 2.16. The van der Waals surface area contributed by atoms with Crippen molar-refractivity contribution in [3.8, 4) is 0 Å². The third kappa shape index (κ3) is 4.26. The minimum absolute atomic E-state index is 0.310. The number of fused-ring (bicyclic) bond motifs is 1. The lowest BCUT2D eigenvalue weighted by Gasteiger charge is -2.24. The summed E-state index contributed by atoms with van der Waals surface area (Å²) in [6, 6.07) is 15.8. The van der Waals surface area contributed by atoms with Crippen molar-refractivity contribution >= 4 is 22.5 Å². The molecule has 1 atom stereocenters. The van der Waals surface area contributed by atoms with Crippen LogP contribution in [0.25, 0.3) is 10.8 Å². The van der Waals surface area contributed by atoms with E-state index in [1.54, 1.807) is 0 Å². The Morgan fingerprint density at radius 3 is 2.40 bits per heavy atom. The second kappa shape index (κ2) is 6.64. The van der Waals surface area contributed by atoms with Crippen LogP contribution in [0.5, 0.6) is 0 Å². The first-order valence-electron chi connectivity index (χ1n) is 7.35. The van der Waals surface area contributed by atoms with Crippen molar-refractivity contribution in [1.29, 1.82) is 0 Å². The zero-order chi connectivity index (χ0) is 14.6. The van der Waals surface area contributed by atoms with Crippen LogP contribution in [0, 0.1) is 0 Å². The Morgan fingerprint density at radius 1 is 1.05 bits per heavy atom. The van der Waals surface area contributed by atoms with Crippen molar-refractivity contribution in [2.75, 3.05) is 12.3 Å². The van der Waals surface area contributed by atoms with E-state index in [2.05, 4.69) is 75.5 Å². The van der Waals surface area contributed by atoms with Gasteiger partial charge in [0.05, 0.1) is 0 Å². The second-order valence-corrected chi connectivity index (χ2v) is 7.99. The molecule has 0 heterocycles. The fourth-order valence-electron chi connectivity index (χ4n) is 2.28. The van der Waals surface area contributed by atoms with E-state index in [-0.39, 0.29) is 0 Å². The normalized spacial score (nSPS) is 13.6. The molecule has 1 nitrogen and oxygen atoms in total. The molecule has 2 rings (SSSR count). The summed E-state index contributed by atoms with van der Waals surface area (Å²) in [7, 11) is 0.